The molecule has 0 atom stereocenters. The Bertz CT molecular complexity index is 579. The molecule has 0 fully saturated rings. The van der Waals surface area contributed by atoms with Gasteiger partial charge in [0.15, 0.2) is 0 Å². The first kappa shape index (κ1) is 20.3. The summed E-state index contributed by atoms with van der Waals surface area (Å²) < 4.78 is 5.87. The molecular weight excluding hydrogens is 300 g/mol. The Balaban J connectivity index is 0.000000671. The summed E-state index contributed by atoms with van der Waals surface area (Å²) in [5.74, 6) is 1.00. The van der Waals surface area contributed by atoms with Crippen LogP contribution in [0.25, 0.3) is 0 Å². The van der Waals surface area contributed by atoms with E-state index in [1.165, 1.54) is 22.4 Å². The lowest BCUT2D eigenvalue weighted by molar-refractivity contribution is 0.255. The van der Waals surface area contributed by atoms with Gasteiger partial charge in [-0.1, -0.05) is 33.4 Å². The van der Waals surface area contributed by atoms with Crippen molar-refractivity contribution < 1.29 is 9.84 Å². The van der Waals surface area contributed by atoms with Crippen molar-refractivity contribution in [1.82, 2.24) is 4.90 Å². The van der Waals surface area contributed by atoms with Gasteiger partial charge >= 0.3 is 0 Å². The fourth-order valence-corrected chi connectivity index (χ4v) is 3.07. The molecule has 0 radical (unpaired) electrons. The first-order valence-corrected chi connectivity index (χ1v) is 8.77. The van der Waals surface area contributed by atoms with E-state index in [-0.39, 0.29) is 0 Å². The van der Waals surface area contributed by atoms with E-state index >= 15 is 0 Å². The van der Waals surface area contributed by atoms with Crippen molar-refractivity contribution in [2.45, 2.75) is 46.7 Å². The van der Waals surface area contributed by atoms with Crippen LogP contribution in [-0.4, -0.2) is 30.3 Å². The topological polar surface area (TPSA) is 58.7 Å². The molecule has 1 aliphatic carbocycles. The second kappa shape index (κ2) is 10.2. The van der Waals surface area contributed by atoms with Crippen molar-refractivity contribution in [3.63, 3.8) is 0 Å². The predicted octanol–water partition coefficient (Wildman–Crippen LogP) is 3.60. The Morgan fingerprint density at radius 3 is 2.58 bits per heavy atom. The zero-order valence-corrected chi connectivity index (χ0v) is 15.6. The number of rotatable bonds is 3. The van der Waals surface area contributed by atoms with E-state index in [9.17, 15) is 0 Å². The Morgan fingerprint density at radius 1 is 1.29 bits per heavy atom. The number of allylic oxidation sites excluding steroid dienone is 2. The summed E-state index contributed by atoms with van der Waals surface area (Å²) in [5, 5.41) is 7.00. The molecule has 134 valence electrons. The van der Waals surface area contributed by atoms with Gasteiger partial charge in [-0.2, -0.15) is 0 Å². The molecule has 3 rings (SSSR count). The molecule has 0 unspecified atom stereocenters. The van der Waals surface area contributed by atoms with Gasteiger partial charge in [0.25, 0.3) is 0 Å². The molecule has 0 bridgehead atoms. The molecule has 1 aromatic rings. The van der Waals surface area contributed by atoms with E-state index in [0.717, 1.165) is 51.0 Å². The number of benzene rings is 1. The molecule has 1 heterocycles. The van der Waals surface area contributed by atoms with E-state index < -0.39 is 0 Å². The molecule has 4 nitrogen and oxygen atoms in total. The third-order valence-corrected chi connectivity index (χ3v) is 4.23. The average molecular weight is 332 g/mol. The fourth-order valence-electron chi connectivity index (χ4n) is 3.07. The summed E-state index contributed by atoms with van der Waals surface area (Å²) >= 11 is 0. The minimum absolute atomic E-state index is 0.576. The lowest BCUT2D eigenvalue weighted by atomic mass is 9.86. The van der Waals surface area contributed by atoms with Crippen LogP contribution in [0.1, 0.15) is 44.7 Å². The van der Waals surface area contributed by atoms with Crippen LogP contribution in [0.4, 0.5) is 0 Å². The minimum Gasteiger partial charge on any atom is -0.491 e. The molecule has 0 amide bonds. The number of hydrogen-bond acceptors (Lipinski definition) is 4. The van der Waals surface area contributed by atoms with Crippen molar-refractivity contribution >= 4 is 0 Å². The number of aliphatic hydroxyl groups is 1. The van der Waals surface area contributed by atoms with Crippen LogP contribution < -0.4 is 10.5 Å². The van der Waals surface area contributed by atoms with Gasteiger partial charge in [-0.25, -0.2) is 0 Å². The third-order valence-electron chi connectivity index (χ3n) is 4.23. The van der Waals surface area contributed by atoms with E-state index in [2.05, 4.69) is 36.6 Å². The van der Waals surface area contributed by atoms with Crippen LogP contribution >= 0.6 is 0 Å². The molecular formula is C20H32N2O2. The molecule has 24 heavy (non-hydrogen) atoms. The van der Waals surface area contributed by atoms with Crippen LogP contribution in [0.2, 0.25) is 0 Å². The fraction of sp³-hybridized carbons (Fsp3) is 0.500. The van der Waals surface area contributed by atoms with Crippen molar-refractivity contribution in [1.29, 1.82) is 0 Å². The second-order valence-corrected chi connectivity index (χ2v) is 5.48. The number of fused-ring (bicyclic) bond motifs is 1. The highest BCUT2D eigenvalue weighted by atomic mass is 16.5. The Labute approximate surface area is 146 Å². The first-order chi connectivity index (χ1) is 11.7. The summed E-state index contributed by atoms with van der Waals surface area (Å²) in [6, 6.07) is 6.28. The van der Waals surface area contributed by atoms with Crippen LogP contribution in [0.3, 0.4) is 0 Å². The molecule has 4 heteroatoms. The maximum Gasteiger partial charge on any atom is 0.124 e. The normalized spacial score (nSPS) is 15.8. The van der Waals surface area contributed by atoms with E-state index in [1.807, 2.05) is 13.8 Å². The van der Waals surface area contributed by atoms with Gasteiger partial charge in [-0.05, 0) is 35.3 Å². The predicted molar refractivity (Wildman–Crippen MR) is 101 cm³/mol. The summed E-state index contributed by atoms with van der Waals surface area (Å²) in [7, 11) is 1.00. The number of hydrogen-bond donors (Lipinski definition) is 2. The lowest BCUT2D eigenvalue weighted by Crippen LogP contribution is -2.30. The lowest BCUT2D eigenvalue weighted by Gasteiger charge is -2.35. The largest absolute Gasteiger partial charge is 0.491 e. The van der Waals surface area contributed by atoms with Gasteiger partial charge in [0.2, 0.25) is 0 Å². The molecule has 2 aliphatic rings. The van der Waals surface area contributed by atoms with Crippen molar-refractivity contribution in [3.8, 4) is 5.75 Å². The number of ether oxygens (including phenoxy) is 1. The highest BCUT2D eigenvalue weighted by Crippen LogP contribution is 2.39. The quantitative estimate of drug-likeness (QED) is 0.888. The molecule has 0 aromatic heterocycles. The molecule has 1 aromatic carbocycles. The maximum atomic E-state index is 7.00. The molecule has 0 spiro atoms. The van der Waals surface area contributed by atoms with Gasteiger partial charge in [0, 0.05) is 37.9 Å². The van der Waals surface area contributed by atoms with E-state index in [4.69, 9.17) is 15.6 Å². The van der Waals surface area contributed by atoms with Gasteiger partial charge < -0.3 is 20.5 Å². The van der Waals surface area contributed by atoms with Crippen LogP contribution in [0.15, 0.2) is 41.6 Å². The standard InChI is InChI=1S/C17H22N2O.C2H6.CH4O/c1-3-15-12(2)8-16(15)19-6-7-20-17-5-4-13(10-18)9-14(17)11-19;2*1-2/h4-5,9H,2-3,6-8,10-11,18H2,1H3;1-2H3;2H,1H3. The molecule has 1 aliphatic heterocycles. The summed E-state index contributed by atoms with van der Waals surface area (Å²) in [5.41, 5.74) is 12.3. The van der Waals surface area contributed by atoms with Crippen LogP contribution in [0.5, 0.6) is 5.75 Å². The summed E-state index contributed by atoms with van der Waals surface area (Å²) in [6.07, 6.45) is 2.09. The first-order valence-electron chi connectivity index (χ1n) is 8.77. The Kier molecular flexibility index (Phi) is 8.58. The molecule has 0 saturated heterocycles. The van der Waals surface area contributed by atoms with Gasteiger partial charge in [-0.15, -0.1) is 0 Å². The maximum absolute atomic E-state index is 7.00. The molecule has 3 N–H and O–H groups in total. The average Bonchev–Trinajstić information content (AvgIpc) is 2.84. The third kappa shape index (κ3) is 4.40. The highest BCUT2D eigenvalue weighted by Gasteiger charge is 2.27. The number of nitrogens with zero attached hydrogens (tertiary/aromatic N) is 1. The monoisotopic (exact) mass is 332 g/mol. The zero-order valence-electron chi connectivity index (χ0n) is 15.6. The van der Waals surface area contributed by atoms with Crippen LogP contribution in [-0.2, 0) is 13.1 Å². The van der Waals surface area contributed by atoms with Crippen molar-refractivity contribution in [3.05, 3.63) is 52.7 Å². The number of aliphatic hydroxyl groups excluding tert-OH is 1. The highest BCUT2D eigenvalue weighted by molar-refractivity contribution is 5.47. The Morgan fingerprint density at radius 2 is 2.00 bits per heavy atom. The van der Waals surface area contributed by atoms with E-state index in [0.29, 0.717) is 6.54 Å². The number of nitrogens with two attached hydrogens (primary N) is 1. The van der Waals surface area contributed by atoms with Gasteiger partial charge in [0.05, 0.1) is 6.54 Å². The van der Waals surface area contributed by atoms with Crippen LogP contribution in [0, 0.1) is 0 Å². The minimum atomic E-state index is 0.576. The summed E-state index contributed by atoms with van der Waals surface area (Å²) in [6.45, 7) is 13.5. The Hall–Kier alpha value is -1.78. The smallest absolute Gasteiger partial charge is 0.124 e. The zero-order chi connectivity index (χ0) is 18.1. The second-order valence-electron chi connectivity index (χ2n) is 5.48. The van der Waals surface area contributed by atoms with Gasteiger partial charge in [-0.3, -0.25) is 0 Å². The molecule has 0 saturated carbocycles. The summed E-state index contributed by atoms with van der Waals surface area (Å²) in [4.78, 5) is 2.44. The van der Waals surface area contributed by atoms with Gasteiger partial charge in [0.1, 0.15) is 12.4 Å². The SMILES string of the molecule is C=C1CC(N2CCOc3ccc(CN)cc3C2)=C1CC.CC.CO. The van der Waals surface area contributed by atoms with Crippen molar-refractivity contribution in [2.24, 2.45) is 5.73 Å². The van der Waals surface area contributed by atoms with E-state index in [1.54, 1.807) is 0 Å². The van der Waals surface area contributed by atoms with Crippen molar-refractivity contribution in [2.75, 3.05) is 20.3 Å².